The van der Waals surface area contributed by atoms with Gasteiger partial charge in [-0.05, 0) is 24.3 Å². The van der Waals surface area contributed by atoms with Crippen LogP contribution in [-0.4, -0.2) is 16.6 Å². The molecule has 0 fully saturated rings. The molecule has 1 aromatic heterocycles. The number of benzene rings is 2. The molecule has 0 atom stereocenters. The number of hydrogen-bond acceptors (Lipinski definition) is 4. The van der Waals surface area contributed by atoms with E-state index in [9.17, 15) is 18.0 Å². The molecular weight excluding hydrogens is 369 g/mol. The first-order valence-electron chi connectivity index (χ1n) is 7.38. The second-order valence-corrected chi connectivity index (χ2v) is 7.51. The Labute approximate surface area is 150 Å². The number of thioether (sulfide) groups is 1. The standard InChI is InChI=1S/C17H13F3N2OS2/c18-17(19,20)11-5-1-2-6-12(11)21-15(23)9-10-24-16-22-13-7-3-4-8-14(13)25-16/h1-8H,9-10H2,(H,21,23). The van der Waals surface area contributed by atoms with Gasteiger partial charge in [0.1, 0.15) is 0 Å². The lowest BCUT2D eigenvalue weighted by molar-refractivity contribution is -0.137. The van der Waals surface area contributed by atoms with E-state index in [0.29, 0.717) is 5.75 Å². The molecule has 0 unspecified atom stereocenters. The molecule has 0 saturated carbocycles. The Hall–Kier alpha value is -2.06. The molecule has 0 aliphatic rings. The van der Waals surface area contributed by atoms with Gasteiger partial charge in [0.25, 0.3) is 0 Å². The Morgan fingerprint density at radius 2 is 1.84 bits per heavy atom. The van der Waals surface area contributed by atoms with Gasteiger partial charge in [0, 0.05) is 12.2 Å². The first kappa shape index (κ1) is 17.8. The van der Waals surface area contributed by atoms with E-state index < -0.39 is 17.6 Å². The Balaban J connectivity index is 1.57. The molecule has 3 rings (SSSR count). The van der Waals surface area contributed by atoms with Gasteiger partial charge in [-0.15, -0.1) is 11.3 Å². The second kappa shape index (κ2) is 7.45. The van der Waals surface area contributed by atoms with Crippen LogP contribution in [0.25, 0.3) is 10.2 Å². The fraction of sp³-hybridized carbons (Fsp3) is 0.176. The highest BCUT2D eigenvalue weighted by Gasteiger charge is 2.33. The number of amides is 1. The van der Waals surface area contributed by atoms with Crippen molar-refractivity contribution < 1.29 is 18.0 Å². The molecule has 3 nitrogen and oxygen atoms in total. The molecule has 130 valence electrons. The summed E-state index contributed by atoms with van der Waals surface area (Å²) >= 11 is 2.95. The number of nitrogens with zero attached hydrogens (tertiary/aromatic N) is 1. The van der Waals surface area contributed by atoms with E-state index >= 15 is 0 Å². The van der Waals surface area contributed by atoms with Gasteiger partial charge in [0.05, 0.1) is 21.5 Å². The number of alkyl halides is 3. The van der Waals surface area contributed by atoms with E-state index in [-0.39, 0.29) is 12.1 Å². The molecular formula is C17H13F3N2OS2. The van der Waals surface area contributed by atoms with Crippen molar-refractivity contribution in [3.63, 3.8) is 0 Å². The summed E-state index contributed by atoms with van der Waals surface area (Å²) in [6, 6.07) is 12.7. The van der Waals surface area contributed by atoms with Crippen LogP contribution in [0.4, 0.5) is 18.9 Å². The number of rotatable bonds is 5. The molecule has 0 aliphatic carbocycles. The van der Waals surface area contributed by atoms with Gasteiger partial charge in [-0.25, -0.2) is 4.98 Å². The maximum absolute atomic E-state index is 12.9. The fourth-order valence-electron chi connectivity index (χ4n) is 2.20. The Morgan fingerprint density at radius 3 is 2.60 bits per heavy atom. The predicted octanol–water partition coefficient (Wildman–Crippen LogP) is 5.44. The monoisotopic (exact) mass is 382 g/mol. The highest BCUT2D eigenvalue weighted by molar-refractivity contribution is 8.01. The van der Waals surface area contributed by atoms with E-state index in [4.69, 9.17) is 0 Å². The van der Waals surface area contributed by atoms with Crippen molar-refractivity contribution in [1.29, 1.82) is 0 Å². The molecule has 1 amide bonds. The molecule has 3 aromatic rings. The van der Waals surface area contributed by atoms with E-state index in [1.165, 1.54) is 41.3 Å². The minimum Gasteiger partial charge on any atom is -0.325 e. The Morgan fingerprint density at radius 1 is 1.12 bits per heavy atom. The van der Waals surface area contributed by atoms with Crippen molar-refractivity contribution in [2.75, 3.05) is 11.1 Å². The lowest BCUT2D eigenvalue weighted by Crippen LogP contribution is -2.16. The largest absolute Gasteiger partial charge is 0.418 e. The van der Waals surface area contributed by atoms with E-state index in [2.05, 4.69) is 10.3 Å². The lowest BCUT2D eigenvalue weighted by Gasteiger charge is -2.13. The Bertz CT molecular complexity index is 860. The smallest absolute Gasteiger partial charge is 0.325 e. The first-order chi connectivity index (χ1) is 11.9. The lowest BCUT2D eigenvalue weighted by atomic mass is 10.1. The number of nitrogens with one attached hydrogen (secondary N) is 1. The van der Waals surface area contributed by atoms with Gasteiger partial charge >= 0.3 is 6.18 Å². The van der Waals surface area contributed by atoms with E-state index in [1.807, 2.05) is 24.3 Å². The minimum atomic E-state index is -4.50. The number of thiazole rings is 1. The normalized spacial score (nSPS) is 11.6. The van der Waals surface area contributed by atoms with Crippen molar-refractivity contribution >= 4 is 44.9 Å². The number of hydrogen-bond donors (Lipinski definition) is 1. The van der Waals surface area contributed by atoms with Crippen LogP contribution in [0.3, 0.4) is 0 Å². The maximum atomic E-state index is 12.9. The number of halogens is 3. The molecule has 0 bridgehead atoms. The summed E-state index contributed by atoms with van der Waals surface area (Å²) in [5, 5.41) is 2.34. The third-order valence-corrected chi connectivity index (χ3v) is 5.52. The van der Waals surface area contributed by atoms with Gasteiger partial charge < -0.3 is 5.32 Å². The third-order valence-electron chi connectivity index (χ3n) is 3.34. The van der Waals surface area contributed by atoms with Crippen LogP contribution in [0.15, 0.2) is 52.9 Å². The SMILES string of the molecule is O=C(CCSc1nc2ccccc2s1)Nc1ccccc1C(F)(F)F. The molecule has 0 saturated heterocycles. The molecule has 8 heteroatoms. The summed E-state index contributed by atoms with van der Waals surface area (Å²) in [7, 11) is 0. The number of aromatic nitrogens is 1. The van der Waals surface area contributed by atoms with Crippen molar-refractivity contribution in [3.8, 4) is 0 Å². The van der Waals surface area contributed by atoms with Gasteiger partial charge in [-0.1, -0.05) is 36.0 Å². The van der Waals surface area contributed by atoms with Crippen molar-refractivity contribution in [1.82, 2.24) is 4.98 Å². The third kappa shape index (κ3) is 4.52. The quantitative estimate of drug-likeness (QED) is 0.598. The second-order valence-electron chi connectivity index (χ2n) is 5.14. The average Bonchev–Trinajstić information content (AvgIpc) is 2.97. The van der Waals surface area contributed by atoms with Crippen molar-refractivity contribution in [2.45, 2.75) is 16.9 Å². The summed E-state index contributed by atoms with van der Waals surface area (Å²) in [5.74, 6) is -0.00913. The highest BCUT2D eigenvalue weighted by Crippen LogP contribution is 2.34. The van der Waals surface area contributed by atoms with E-state index in [1.54, 1.807) is 0 Å². The van der Waals surface area contributed by atoms with Crippen molar-refractivity contribution in [3.05, 3.63) is 54.1 Å². The van der Waals surface area contributed by atoms with Crippen LogP contribution in [0.5, 0.6) is 0 Å². The number of carbonyl (C=O) groups is 1. The average molecular weight is 382 g/mol. The molecule has 0 aliphatic heterocycles. The van der Waals surface area contributed by atoms with Crippen LogP contribution in [0, 0.1) is 0 Å². The summed E-state index contributed by atoms with van der Waals surface area (Å²) in [4.78, 5) is 16.4. The first-order valence-corrected chi connectivity index (χ1v) is 9.18. The Kier molecular flexibility index (Phi) is 5.29. The van der Waals surface area contributed by atoms with Crippen LogP contribution in [0.2, 0.25) is 0 Å². The van der Waals surface area contributed by atoms with Gasteiger partial charge in [0.15, 0.2) is 4.34 Å². The zero-order chi connectivity index (χ0) is 17.9. The maximum Gasteiger partial charge on any atom is 0.418 e. The van der Waals surface area contributed by atoms with Gasteiger partial charge in [-0.2, -0.15) is 13.2 Å². The van der Waals surface area contributed by atoms with Crippen LogP contribution >= 0.6 is 23.1 Å². The number of fused-ring (bicyclic) bond motifs is 1. The van der Waals surface area contributed by atoms with E-state index in [0.717, 1.165) is 20.6 Å². The van der Waals surface area contributed by atoms with Crippen molar-refractivity contribution in [2.24, 2.45) is 0 Å². The number of anilines is 1. The summed E-state index contributed by atoms with van der Waals surface area (Å²) < 4.78 is 40.6. The van der Waals surface area contributed by atoms with Crippen LogP contribution in [-0.2, 0) is 11.0 Å². The van der Waals surface area contributed by atoms with Crippen LogP contribution < -0.4 is 5.32 Å². The zero-order valence-electron chi connectivity index (χ0n) is 12.8. The zero-order valence-corrected chi connectivity index (χ0v) is 14.5. The van der Waals surface area contributed by atoms with Crippen LogP contribution in [0.1, 0.15) is 12.0 Å². The van der Waals surface area contributed by atoms with Gasteiger partial charge in [0.2, 0.25) is 5.91 Å². The molecule has 2 aromatic carbocycles. The molecule has 25 heavy (non-hydrogen) atoms. The molecule has 0 radical (unpaired) electrons. The molecule has 1 heterocycles. The fourth-order valence-corrected chi connectivity index (χ4v) is 4.27. The summed E-state index contributed by atoms with van der Waals surface area (Å²) in [6.07, 6.45) is -4.40. The summed E-state index contributed by atoms with van der Waals surface area (Å²) in [6.45, 7) is 0. The summed E-state index contributed by atoms with van der Waals surface area (Å²) in [5.41, 5.74) is -0.161. The molecule has 1 N–H and O–H groups in total. The predicted molar refractivity (Wildman–Crippen MR) is 95.0 cm³/mol. The molecule has 0 spiro atoms. The number of carbonyl (C=O) groups excluding carboxylic acids is 1. The highest BCUT2D eigenvalue weighted by atomic mass is 32.2. The minimum absolute atomic E-state index is 0.104. The topological polar surface area (TPSA) is 42.0 Å². The number of para-hydroxylation sites is 2. The van der Waals surface area contributed by atoms with Gasteiger partial charge in [-0.3, -0.25) is 4.79 Å².